The minimum atomic E-state index is -0.632. The Morgan fingerprint density at radius 3 is 2.65 bits per heavy atom. The molecule has 0 aliphatic rings. The molecule has 142 valence electrons. The number of nitrogens with zero attached hydrogens (tertiary/aromatic N) is 3. The van der Waals surface area contributed by atoms with Gasteiger partial charge in [-0.3, -0.25) is 0 Å². The van der Waals surface area contributed by atoms with E-state index in [2.05, 4.69) is 31.6 Å². The second kappa shape index (κ2) is 8.35. The summed E-state index contributed by atoms with van der Waals surface area (Å²) >= 11 is 3.23. The van der Waals surface area contributed by atoms with E-state index in [1.165, 1.54) is 4.68 Å². The van der Waals surface area contributed by atoms with Gasteiger partial charge < -0.3 is 19.2 Å². The Morgan fingerprint density at radius 1 is 1.35 bits per heavy atom. The van der Waals surface area contributed by atoms with Crippen LogP contribution in [0, 0.1) is 0 Å². The van der Waals surface area contributed by atoms with Crippen molar-refractivity contribution in [2.24, 2.45) is 0 Å². The number of carbonyl (C=O) groups is 2. The molecule has 26 heavy (non-hydrogen) atoms. The van der Waals surface area contributed by atoms with Gasteiger partial charge in [-0.05, 0) is 55.8 Å². The molecule has 2 rings (SSSR count). The van der Waals surface area contributed by atoms with Crippen molar-refractivity contribution in [1.82, 2.24) is 20.3 Å². The van der Waals surface area contributed by atoms with Crippen LogP contribution in [0.25, 0.3) is 0 Å². The maximum absolute atomic E-state index is 12.1. The summed E-state index contributed by atoms with van der Waals surface area (Å²) in [4.78, 5) is 24.0. The minimum absolute atomic E-state index is 0.00204. The molecule has 0 aliphatic heterocycles. The summed E-state index contributed by atoms with van der Waals surface area (Å²) in [6, 6.07) is 3.51. The van der Waals surface area contributed by atoms with Crippen LogP contribution in [-0.4, -0.2) is 39.3 Å². The van der Waals surface area contributed by atoms with Crippen molar-refractivity contribution in [2.75, 3.05) is 6.61 Å². The third kappa shape index (κ3) is 5.58. The second-order valence-corrected chi connectivity index (χ2v) is 7.11. The second-order valence-electron chi connectivity index (χ2n) is 6.32. The first-order valence-corrected chi connectivity index (χ1v) is 8.79. The summed E-state index contributed by atoms with van der Waals surface area (Å²) in [6.07, 6.45) is -0.610. The van der Waals surface area contributed by atoms with Crippen molar-refractivity contribution >= 4 is 28.0 Å². The summed E-state index contributed by atoms with van der Waals surface area (Å²) in [7, 11) is 0. The fourth-order valence-corrected chi connectivity index (χ4v) is 2.39. The van der Waals surface area contributed by atoms with Crippen molar-refractivity contribution in [3.8, 4) is 0 Å². The van der Waals surface area contributed by atoms with Gasteiger partial charge in [0.05, 0.1) is 18.8 Å². The molecule has 0 aliphatic carbocycles. The van der Waals surface area contributed by atoms with Crippen LogP contribution in [0.1, 0.15) is 49.6 Å². The Labute approximate surface area is 159 Å². The third-order valence-electron chi connectivity index (χ3n) is 3.04. The molecule has 10 heteroatoms. The largest absolute Gasteiger partial charge is 0.461 e. The fraction of sp³-hybridized carbons (Fsp3) is 0.500. The van der Waals surface area contributed by atoms with E-state index >= 15 is 0 Å². The van der Waals surface area contributed by atoms with Gasteiger partial charge in [-0.1, -0.05) is 5.21 Å². The molecule has 9 nitrogen and oxygen atoms in total. The maximum atomic E-state index is 12.1. The molecule has 0 spiro atoms. The van der Waals surface area contributed by atoms with Crippen molar-refractivity contribution in [3.63, 3.8) is 0 Å². The minimum Gasteiger partial charge on any atom is -0.461 e. The highest BCUT2D eigenvalue weighted by Crippen LogP contribution is 2.17. The van der Waals surface area contributed by atoms with Gasteiger partial charge in [-0.25, -0.2) is 14.3 Å². The Morgan fingerprint density at radius 2 is 2.08 bits per heavy atom. The van der Waals surface area contributed by atoms with Gasteiger partial charge in [0.25, 0.3) is 0 Å². The molecule has 0 saturated heterocycles. The number of aromatic nitrogens is 3. The van der Waals surface area contributed by atoms with E-state index in [0.717, 1.165) is 0 Å². The van der Waals surface area contributed by atoms with Gasteiger partial charge >= 0.3 is 12.1 Å². The molecule has 2 aromatic heterocycles. The van der Waals surface area contributed by atoms with Crippen LogP contribution in [0.15, 0.2) is 21.2 Å². The fourth-order valence-electron chi connectivity index (χ4n) is 2.05. The number of furan rings is 1. The average molecular weight is 429 g/mol. The Hall–Kier alpha value is -2.36. The van der Waals surface area contributed by atoms with Gasteiger partial charge in [0, 0.05) is 0 Å². The van der Waals surface area contributed by atoms with E-state index in [1.54, 1.807) is 39.8 Å². The first-order valence-electron chi connectivity index (χ1n) is 8.00. The average Bonchev–Trinajstić information content (AvgIpc) is 3.10. The number of ether oxygens (including phenoxy) is 2. The number of alkyl carbamates (subject to hydrolysis) is 1. The molecular formula is C16H21BrN4O5. The first-order chi connectivity index (χ1) is 12.2. The van der Waals surface area contributed by atoms with Crippen LogP contribution >= 0.6 is 15.9 Å². The molecule has 0 bridgehead atoms. The monoisotopic (exact) mass is 428 g/mol. The molecule has 2 aromatic rings. The Bertz CT molecular complexity index is 778. The summed E-state index contributed by atoms with van der Waals surface area (Å²) in [5.74, 6) is -0.00364. The predicted molar refractivity (Wildman–Crippen MR) is 94.6 cm³/mol. The van der Waals surface area contributed by atoms with E-state index in [-0.39, 0.29) is 25.4 Å². The normalized spacial score (nSPS) is 11.3. The number of hydrogen-bond donors (Lipinski definition) is 1. The number of carbonyl (C=O) groups excluding carboxylic acids is 2. The zero-order valence-electron chi connectivity index (χ0n) is 15.0. The van der Waals surface area contributed by atoms with E-state index in [1.807, 2.05) is 0 Å². The topological polar surface area (TPSA) is 108 Å². The van der Waals surface area contributed by atoms with Crippen molar-refractivity contribution < 1.29 is 23.5 Å². The number of hydrogen-bond acceptors (Lipinski definition) is 7. The quantitative estimate of drug-likeness (QED) is 0.704. The van der Waals surface area contributed by atoms with E-state index < -0.39 is 17.7 Å². The lowest BCUT2D eigenvalue weighted by Crippen LogP contribution is -2.33. The highest BCUT2D eigenvalue weighted by atomic mass is 79.9. The molecule has 2 heterocycles. The lowest BCUT2D eigenvalue weighted by Gasteiger charge is -2.19. The molecule has 1 N–H and O–H groups in total. The van der Waals surface area contributed by atoms with Gasteiger partial charge in [-0.2, -0.15) is 0 Å². The number of halogens is 1. The molecular weight excluding hydrogens is 408 g/mol. The van der Waals surface area contributed by atoms with Crippen LogP contribution in [-0.2, 0) is 22.6 Å². The SMILES string of the molecule is CCOC(=O)c1nnn(Cc2ccc(Br)o2)c1CNC(=O)OC(C)(C)C. The zero-order valence-corrected chi connectivity index (χ0v) is 16.6. The van der Waals surface area contributed by atoms with E-state index in [0.29, 0.717) is 16.1 Å². The van der Waals surface area contributed by atoms with Crippen molar-refractivity contribution in [3.05, 3.63) is 34.0 Å². The number of amides is 1. The van der Waals surface area contributed by atoms with Gasteiger partial charge in [-0.15, -0.1) is 5.10 Å². The molecule has 0 saturated carbocycles. The van der Waals surface area contributed by atoms with Crippen LogP contribution in [0.2, 0.25) is 0 Å². The number of nitrogens with one attached hydrogen (secondary N) is 1. The summed E-state index contributed by atoms with van der Waals surface area (Å²) in [5.41, 5.74) is -0.206. The highest BCUT2D eigenvalue weighted by molar-refractivity contribution is 9.10. The molecule has 0 atom stereocenters. The number of rotatable bonds is 6. The Kier molecular flexibility index (Phi) is 6.41. The molecule has 0 unspecified atom stereocenters. The number of esters is 1. The maximum Gasteiger partial charge on any atom is 0.407 e. The molecule has 0 aromatic carbocycles. The Balaban J connectivity index is 2.20. The zero-order chi connectivity index (χ0) is 19.3. The molecule has 0 radical (unpaired) electrons. The predicted octanol–water partition coefficient (Wildman–Crippen LogP) is 2.88. The lowest BCUT2D eigenvalue weighted by molar-refractivity contribution is 0.0497. The third-order valence-corrected chi connectivity index (χ3v) is 3.47. The van der Waals surface area contributed by atoms with E-state index in [9.17, 15) is 9.59 Å². The highest BCUT2D eigenvalue weighted by Gasteiger charge is 2.23. The van der Waals surface area contributed by atoms with Crippen molar-refractivity contribution in [2.45, 2.75) is 46.4 Å². The molecule has 0 fully saturated rings. The lowest BCUT2D eigenvalue weighted by atomic mass is 10.2. The van der Waals surface area contributed by atoms with Gasteiger partial charge in [0.15, 0.2) is 10.4 Å². The summed E-state index contributed by atoms with van der Waals surface area (Å²) in [6.45, 7) is 7.42. The summed E-state index contributed by atoms with van der Waals surface area (Å²) in [5, 5.41) is 10.5. The van der Waals surface area contributed by atoms with Crippen molar-refractivity contribution in [1.29, 1.82) is 0 Å². The van der Waals surface area contributed by atoms with E-state index in [4.69, 9.17) is 13.9 Å². The standard InChI is InChI=1S/C16H21BrN4O5/c1-5-24-14(22)13-11(8-18-15(23)26-16(2,3)4)21(20-19-13)9-10-6-7-12(17)25-10/h6-7H,5,8-9H2,1-4H3,(H,18,23). The van der Waals surface area contributed by atoms with Crippen LogP contribution in [0.3, 0.4) is 0 Å². The smallest absolute Gasteiger partial charge is 0.407 e. The van der Waals surface area contributed by atoms with Crippen LogP contribution < -0.4 is 5.32 Å². The molecule has 1 amide bonds. The summed E-state index contributed by atoms with van der Waals surface area (Å²) < 4.78 is 17.7. The van der Waals surface area contributed by atoms with Crippen LogP contribution in [0.4, 0.5) is 4.79 Å². The van der Waals surface area contributed by atoms with Gasteiger partial charge in [0.1, 0.15) is 17.9 Å². The van der Waals surface area contributed by atoms with Gasteiger partial charge in [0.2, 0.25) is 0 Å². The van der Waals surface area contributed by atoms with Crippen LogP contribution in [0.5, 0.6) is 0 Å². The first kappa shape index (κ1) is 20.0.